The van der Waals surface area contributed by atoms with Gasteiger partial charge in [-0.2, -0.15) is 0 Å². The maximum Gasteiger partial charge on any atom is 0.319 e. The molecule has 2 rings (SSSR count). The van der Waals surface area contributed by atoms with Crippen LogP contribution in [0.5, 0.6) is 0 Å². The average molecular weight is 346 g/mol. The van der Waals surface area contributed by atoms with Crippen molar-refractivity contribution in [3.8, 4) is 0 Å². The summed E-state index contributed by atoms with van der Waals surface area (Å²) < 4.78 is 0. The lowest BCUT2D eigenvalue weighted by atomic mass is 10.2. The molecule has 2 aromatic rings. The molecule has 126 valence electrons. The minimum absolute atomic E-state index is 0.0749. The summed E-state index contributed by atoms with van der Waals surface area (Å²) in [6.45, 7) is 4.13. The topological polar surface area (TPSA) is 70.2 Å². The summed E-state index contributed by atoms with van der Waals surface area (Å²) in [5, 5.41) is 8.87. The number of benzene rings is 2. The smallest absolute Gasteiger partial charge is 0.319 e. The number of hydrogen-bond donors (Lipinski definition) is 3. The molecule has 0 aliphatic carbocycles. The van der Waals surface area contributed by atoms with Gasteiger partial charge in [-0.15, -0.1) is 0 Å². The van der Waals surface area contributed by atoms with Gasteiger partial charge in [-0.1, -0.05) is 29.8 Å². The van der Waals surface area contributed by atoms with Crippen LogP contribution in [-0.4, -0.2) is 18.0 Å². The normalized spacial score (nSPS) is 10.3. The molecule has 0 spiro atoms. The van der Waals surface area contributed by atoms with E-state index in [0.717, 1.165) is 5.56 Å². The van der Waals surface area contributed by atoms with E-state index in [1.165, 1.54) is 0 Å². The molecule has 0 atom stereocenters. The molecule has 0 heterocycles. The summed E-state index contributed by atoms with van der Waals surface area (Å²) in [7, 11) is 0. The molecule has 3 amide bonds. The first-order valence-electron chi connectivity index (χ1n) is 7.65. The summed E-state index contributed by atoms with van der Waals surface area (Å²) in [6, 6.07) is 13.8. The van der Waals surface area contributed by atoms with Crippen LogP contribution < -0.4 is 16.0 Å². The quantitative estimate of drug-likeness (QED) is 0.771. The molecule has 0 unspecified atom stereocenters. The van der Waals surface area contributed by atoms with Crippen molar-refractivity contribution < 1.29 is 9.59 Å². The number of anilines is 1. The highest BCUT2D eigenvalue weighted by molar-refractivity contribution is 6.31. The monoisotopic (exact) mass is 345 g/mol. The number of carbonyl (C=O) groups excluding carboxylic acids is 2. The summed E-state index contributed by atoms with van der Waals surface area (Å²) in [5.41, 5.74) is 1.99. The first-order chi connectivity index (χ1) is 11.5. The van der Waals surface area contributed by atoms with Crippen LogP contribution in [0.1, 0.15) is 29.8 Å². The van der Waals surface area contributed by atoms with Crippen LogP contribution in [0, 0.1) is 0 Å². The van der Waals surface area contributed by atoms with E-state index in [0.29, 0.717) is 22.8 Å². The van der Waals surface area contributed by atoms with Crippen LogP contribution in [0.2, 0.25) is 5.02 Å². The van der Waals surface area contributed by atoms with Gasteiger partial charge < -0.3 is 16.0 Å². The predicted octanol–water partition coefficient (Wildman–Crippen LogP) is 3.80. The van der Waals surface area contributed by atoms with Crippen LogP contribution in [-0.2, 0) is 6.54 Å². The third kappa shape index (κ3) is 5.28. The molecule has 0 saturated carbocycles. The van der Waals surface area contributed by atoms with Gasteiger partial charge in [0, 0.05) is 28.9 Å². The van der Waals surface area contributed by atoms with Crippen molar-refractivity contribution in [2.45, 2.75) is 26.4 Å². The van der Waals surface area contributed by atoms with Crippen molar-refractivity contribution in [1.82, 2.24) is 10.6 Å². The molecular formula is C18H20ClN3O2. The molecule has 0 radical (unpaired) electrons. The number of rotatable bonds is 5. The first-order valence-corrected chi connectivity index (χ1v) is 8.02. The van der Waals surface area contributed by atoms with Gasteiger partial charge in [-0.25, -0.2) is 4.79 Å². The van der Waals surface area contributed by atoms with Crippen LogP contribution in [0.3, 0.4) is 0 Å². The van der Waals surface area contributed by atoms with Gasteiger partial charge in [-0.05, 0) is 49.7 Å². The number of carbonyl (C=O) groups is 2. The van der Waals surface area contributed by atoms with Gasteiger partial charge in [-0.3, -0.25) is 4.79 Å². The van der Waals surface area contributed by atoms with Crippen LogP contribution >= 0.6 is 11.6 Å². The van der Waals surface area contributed by atoms with E-state index in [-0.39, 0.29) is 18.0 Å². The molecule has 0 fully saturated rings. The lowest BCUT2D eigenvalue weighted by Gasteiger charge is -2.10. The molecule has 0 aliphatic heterocycles. The third-order valence-corrected chi connectivity index (χ3v) is 3.59. The number of amides is 3. The van der Waals surface area contributed by atoms with E-state index in [2.05, 4.69) is 16.0 Å². The fraction of sp³-hybridized carbons (Fsp3) is 0.222. The molecule has 2 aromatic carbocycles. The van der Waals surface area contributed by atoms with Crippen LogP contribution in [0.4, 0.5) is 10.5 Å². The number of hydrogen-bond acceptors (Lipinski definition) is 2. The zero-order chi connectivity index (χ0) is 17.5. The molecule has 0 bridgehead atoms. The van der Waals surface area contributed by atoms with Gasteiger partial charge >= 0.3 is 6.03 Å². The van der Waals surface area contributed by atoms with E-state index in [4.69, 9.17) is 11.6 Å². The molecule has 0 saturated heterocycles. The first kappa shape index (κ1) is 17.8. The van der Waals surface area contributed by atoms with Gasteiger partial charge in [0.25, 0.3) is 5.91 Å². The lowest BCUT2D eigenvalue weighted by molar-refractivity contribution is 0.0943. The Morgan fingerprint density at radius 1 is 1.04 bits per heavy atom. The molecule has 5 nitrogen and oxygen atoms in total. The van der Waals surface area contributed by atoms with E-state index < -0.39 is 0 Å². The van der Waals surface area contributed by atoms with Gasteiger partial charge in [0.05, 0.1) is 0 Å². The maximum absolute atomic E-state index is 11.9. The van der Waals surface area contributed by atoms with E-state index in [1.54, 1.807) is 30.3 Å². The standard InChI is InChI=1S/C18H20ClN3O2/c1-12(2)21-17(23)13-7-9-15(10-8-13)22-18(24)20-11-14-5-3-4-6-16(14)19/h3-10,12H,11H2,1-2H3,(H,21,23)(H2,20,22,24). The van der Waals surface area contributed by atoms with Crippen molar-refractivity contribution in [2.75, 3.05) is 5.32 Å². The predicted molar refractivity (Wildman–Crippen MR) is 96.4 cm³/mol. The maximum atomic E-state index is 11.9. The Hall–Kier alpha value is -2.53. The SMILES string of the molecule is CC(C)NC(=O)c1ccc(NC(=O)NCc2ccccc2Cl)cc1. The molecular weight excluding hydrogens is 326 g/mol. The van der Waals surface area contributed by atoms with Gasteiger partial charge in [0.2, 0.25) is 0 Å². The summed E-state index contributed by atoms with van der Waals surface area (Å²) in [4.78, 5) is 23.8. The average Bonchev–Trinajstić information content (AvgIpc) is 2.54. The second-order valence-corrected chi connectivity index (χ2v) is 6.01. The second kappa shape index (κ2) is 8.36. The minimum atomic E-state index is -0.339. The summed E-state index contributed by atoms with van der Waals surface area (Å²) >= 11 is 6.04. The van der Waals surface area contributed by atoms with Crippen LogP contribution in [0.25, 0.3) is 0 Å². The Labute approximate surface area is 146 Å². The van der Waals surface area contributed by atoms with E-state index in [9.17, 15) is 9.59 Å². The Balaban J connectivity index is 1.88. The van der Waals surface area contributed by atoms with Gasteiger partial charge in [0.1, 0.15) is 0 Å². The van der Waals surface area contributed by atoms with Crippen molar-refractivity contribution in [1.29, 1.82) is 0 Å². The number of urea groups is 1. The zero-order valence-corrected chi connectivity index (χ0v) is 14.4. The zero-order valence-electron chi connectivity index (χ0n) is 13.6. The Morgan fingerprint density at radius 3 is 2.33 bits per heavy atom. The summed E-state index contributed by atoms with van der Waals surface area (Å²) in [5.74, 6) is -0.139. The lowest BCUT2D eigenvalue weighted by Crippen LogP contribution is -2.30. The number of nitrogens with one attached hydrogen (secondary N) is 3. The fourth-order valence-electron chi connectivity index (χ4n) is 2.04. The second-order valence-electron chi connectivity index (χ2n) is 5.60. The highest BCUT2D eigenvalue weighted by Crippen LogP contribution is 2.14. The largest absolute Gasteiger partial charge is 0.350 e. The Kier molecular flexibility index (Phi) is 6.21. The Bertz CT molecular complexity index is 714. The minimum Gasteiger partial charge on any atom is -0.350 e. The number of halogens is 1. The van der Waals surface area contributed by atoms with Crippen molar-refractivity contribution in [3.63, 3.8) is 0 Å². The van der Waals surface area contributed by atoms with Crippen molar-refractivity contribution in [3.05, 3.63) is 64.7 Å². The molecule has 24 heavy (non-hydrogen) atoms. The fourth-order valence-corrected chi connectivity index (χ4v) is 2.25. The molecule has 6 heteroatoms. The molecule has 0 aliphatic rings. The highest BCUT2D eigenvalue weighted by Gasteiger charge is 2.08. The Morgan fingerprint density at radius 2 is 1.71 bits per heavy atom. The van der Waals surface area contributed by atoms with Crippen molar-refractivity contribution >= 4 is 29.2 Å². The van der Waals surface area contributed by atoms with Crippen molar-refractivity contribution in [2.24, 2.45) is 0 Å². The molecule has 0 aromatic heterocycles. The highest BCUT2D eigenvalue weighted by atomic mass is 35.5. The van der Waals surface area contributed by atoms with Gasteiger partial charge in [0.15, 0.2) is 0 Å². The summed E-state index contributed by atoms with van der Waals surface area (Å²) in [6.07, 6.45) is 0. The van der Waals surface area contributed by atoms with E-state index >= 15 is 0 Å². The van der Waals surface area contributed by atoms with E-state index in [1.807, 2.05) is 32.0 Å². The third-order valence-electron chi connectivity index (χ3n) is 3.22. The van der Waals surface area contributed by atoms with Crippen LogP contribution in [0.15, 0.2) is 48.5 Å². The molecule has 3 N–H and O–H groups in total.